The Balaban J connectivity index is 4.25. The second-order valence-corrected chi connectivity index (χ2v) is 3.42. The van der Waals surface area contributed by atoms with Gasteiger partial charge in [0.15, 0.2) is 5.75 Å². The van der Waals surface area contributed by atoms with Gasteiger partial charge in [0.2, 0.25) is 0 Å². The standard InChI is InChI=1S/C5H8O6S/c1-4(6)11-12(8,9)3-5(7)10-2/h3H2,1-2H3. The monoisotopic (exact) mass is 196 g/mol. The maximum Gasteiger partial charge on any atom is 0.324 e. The van der Waals surface area contributed by atoms with Gasteiger partial charge in [-0.15, -0.1) is 0 Å². The predicted octanol–water partition coefficient (Wildman–Crippen LogP) is -0.948. The van der Waals surface area contributed by atoms with Gasteiger partial charge in [-0.2, -0.15) is 8.42 Å². The van der Waals surface area contributed by atoms with Crippen LogP contribution in [0.4, 0.5) is 0 Å². The molecule has 0 radical (unpaired) electrons. The zero-order chi connectivity index (χ0) is 9.78. The van der Waals surface area contributed by atoms with Crippen LogP contribution in [0.2, 0.25) is 0 Å². The van der Waals surface area contributed by atoms with E-state index in [1.54, 1.807) is 0 Å². The van der Waals surface area contributed by atoms with E-state index < -0.39 is 27.8 Å². The molecule has 0 N–H and O–H groups in total. The lowest BCUT2D eigenvalue weighted by atomic mass is 10.8. The quantitative estimate of drug-likeness (QED) is 0.427. The number of hydrogen-bond acceptors (Lipinski definition) is 6. The molecule has 0 saturated heterocycles. The summed E-state index contributed by atoms with van der Waals surface area (Å²) >= 11 is 0. The first kappa shape index (κ1) is 10.9. The van der Waals surface area contributed by atoms with Crippen LogP contribution in [0.5, 0.6) is 0 Å². The van der Waals surface area contributed by atoms with Crippen LogP contribution in [0.25, 0.3) is 0 Å². The Morgan fingerprint density at radius 1 is 1.33 bits per heavy atom. The Morgan fingerprint density at radius 2 is 1.83 bits per heavy atom. The van der Waals surface area contributed by atoms with Crippen molar-refractivity contribution in [2.75, 3.05) is 12.9 Å². The molecule has 12 heavy (non-hydrogen) atoms. The lowest BCUT2D eigenvalue weighted by Gasteiger charge is -2.00. The molecule has 0 spiro atoms. The fourth-order valence-electron chi connectivity index (χ4n) is 0.412. The highest BCUT2D eigenvalue weighted by Crippen LogP contribution is 1.94. The molecule has 7 heteroatoms. The summed E-state index contributed by atoms with van der Waals surface area (Å²) in [6, 6.07) is 0. The van der Waals surface area contributed by atoms with Crippen LogP contribution in [-0.4, -0.2) is 33.2 Å². The molecule has 0 rings (SSSR count). The lowest BCUT2D eigenvalue weighted by Crippen LogP contribution is -2.21. The second kappa shape index (κ2) is 4.05. The summed E-state index contributed by atoms with van der Waals surface area (Å²) in [6.07, 6.45) is 0. The van der Waals surface area contributed by atoms with Crippen LogP contribution in [0.3, 0.4) is 0 Å². The van der Waals surface area contributed by atoms with Crippen molar-refractivity contribution in [2.24, 2.45) is 0 Å². The van der Waals surface area contributed by atoms with Gasteiger partial charge >= 0.3 is 22.1 Å². The maximum absolute atomic E-state index is 10.7. The lowest BCUT2D eigenvalue weighted by molar-refractivity contribution is -0.137. The Kier molecular flexibility index (Phi) is 3.68. The minimum Gasteiger partial charge on any atom is -0.468 e. The molecular weight excluding hydrogens is 188 g/mol. The van der Waals surface area contributed by atoms with Gasteiger partial charge in [0.05, 0.1) is 7.11 Å². The molecule has 0 aromatic carbocycles. The van der Waals surface area contributed by atoms with Gasteiger partial charge < -0.3 is 8.92 Å². The van der Waals surface area contributed by atoms with Crippen LogP contribution in [0.15, 0.2) is 0 Å². The Hall–Kier alpha value is -1.11. The topological polar surface area (TPSA) is 86.7 Å². The van der Waals surface area contributed by atoms with Crippen molar-refractivity contribution in [1.29, 1.82) is 0 Å². The number of methoxy groups -OCH3 is 1. The summed E-state index contributed by atoms with van der Waals surface area (Å²) in [5, 5.41) is 0. The molecule has 0 aromatic rings. The van der Waals surface area contributed by atoms with Gasteiger partial charge in [0.25, 0.3) is 0 Å². The molecule has 6 nitrogen and oxygen atoms in total. The van der Waals surface area contributed by atoms with Crippen LogP contribution in [0, 0.1) is 0 Å². The highest BCUT2D eigenvalue weighted by Gasteiger charge is 2.19. The van der Waals surface area contributed by atoms with Gasteiger partial charge in [0, 0.05) is 6.92 Å². The van der Waals surface area contributed by atoms with Crippen molar-refractivity contribution < 1.29 is 26.9 Å². The molecule has 70 valence electrons. The fraction of sp³-hybridized carbons (Fsp3) is 0.600. The normalized spacial score (nSPS) is 10.5. The zero-order valence-electron chi connectivity index (χ0n) is 6.56. The van der Waals surface area contributed by atoms with Crippen LogP contribution in [-0.2, 0) is 28.6 Å². The smallest absolute Gasteiger partial charge is 0.324 e. The molecule has 0 aliphatic heterocycles. The molecule has 0 bridgehead atoms. The van der Waals surface area contributed by atoms with Crippen LogP contribution < -0.4 is 0 Å². The first-order valence-electron chi connectivity index (χ1n) is 2.87. The molecule has 0 aromatic heterocycles. The van der Waals surface area contributed by atoms with E-state index >= 15 is 0 Å². The van der Waals surface area contributed by atoms with Gasteiger partial charge in [-0.1, -0.05) is 0 Å². The average molecular weight is 196 g/mol. The van der Waals surface area contributed by atoms with E-state index in [-0.39, 0.29) is 0 Å². The minimum absolute atomic E-state index is 0.925. The van der Waals surface area contributed by atoms with Crippen molar-refractivity contribution in [1.82, 2.24) is 0 Å². The molecule has 0 amide bonds. The van der Waals surface area contributed by atoms with E-state index in [9.17, 15) is 18.0 Å². The van der Waals surface area contributed by atoms with E-state index in [1.807, 2.05) is 0 Å². The predicted molar refractivity (Wildman–Crippen MR) is 37.6 cm³/mol. The third-order valence-electron chi connectivity index (χ3n) is 0.767. The van der Waals surface area contributed by atoms with Crippen molar-refractivity contribution in [3.63, 3.8) is 0 Å². The van der Waals surface area contributed by atoms with E-state index in [1.165, 1.54) is 0 Å². The Labute approximate surface area is 69.6 Å². The molecule has 0 unspecified atom stereocenters. The summed E-state index contributed by atoms with van der Waals surface area (Å²) < 4.78 is 29.2. The molecule has 0 saturated carbocycles. The highest BCUT2D eigenvalue weighted by atomic mass is 32.2. The third-order valence-corrected chi connectivity index (χ3v) is 1.84. The van der Waals surface area contributed by atoms with Crippen molar-refractivity contribution in [3.05, 3.63) is 0 Å². The van der Waals surface area contributed by atoms with Crippen molar-refractivity contribution in [3.8, 4) is 0 Å². The summed E-state index contributed by atoms with van der Waals surface area (Å²) in [5.74, 6) is -2.92. The number of hydrogen-bond donors (Lipinski definition) is 0. The Bertz CT molecular complexity index is 276. The molecular formula is C5H8O6S. The Morgan fingerprint density at radius 3 is 2.17 bits per heavy atom. The highest BCUT2D eigenvalue weighted by molar-refractivity contribution is 7.87. The molecule has 0 fully saturated rings. The summed E-state index contributed by atoms with van der Waals surface area (Å²) in [7, 11) is -3.08. The van der Waals surface area contributed by atoms with Crippen LogP contribution in [0.1, 0.15) is 6.92 Å². The molecule has 0 aliphatic carbocycles. The third kappa shape index (κ3) is 4.67. The summed E-state index contributed by atoms with van der Waals surface area (Å²) in [5.41, 5.74) is 0. The first-order chi connectivity index (χ1) is 5.37. The van der Waals surface area contributed by atoms with E-state index in [2.05, 4.69) is 8.92 Å². The van der Waals surface area contributed by atoms with E-state index in [0.29, 0.717) is 0 Å². The number of ether oxygens (including phenoxy) is 1. The number of carbonyl (C=O) groups excluding carboxylic acids is 2. The molecule has 0 aliphatic rings. The fourth-order valence-corrected chi connectivity index (χ4v) is 1.23. The average Bonchev–Trinajstić information content (AvgIpc) is 1.83. The van der Waals surface area contributed by atoms with Gasteiger partial charge in [-0.3, -0.25) is 9.59 Å². The second-order valence-electron chi connectivity index (χ2n) is 1.85. The van der Waals surface area contributed by atoms with Crippen molar-refractivity contribution in [2.45, 2.75) is 6.92 Å². The van der Waals surface area contributed by atoms with Gasteiger partial charge in [0.1, 0.15) is 0 Å². The SMILES string of the molecule is COC(=O)CS(=O)(=O)OC(C)=O. The number of esters is 1. The first-order valence-corrected chi connectivity index (χ1v) is 4.44. The number of carbonyl (C=O) groups is 2. The number of rotatable bonds is 3. The molecule has 0 atom stereocenters. The van der Waals surface area contributed by atoms with E-state index in [0.717, 1.165) is 14.0 Å². The zero-order valence-corrected chi connectivity index (χ0v) is 7.38. The summed E-state index contributed by atoms with van der Waals surface area (Å²) in [6.45, 7) is 0.925. The molecule has 0 heterocycles. The van der Waals surface area contributed by atoms with Crippen molar-refractivity contribution >= 4 is 22.1 Å². The van der Waals surface area contributed by atoms with Gasteiger partial charge in [-0.25, -0.2) is 0 Å². The van der Waals surface area contributed by atoms with E-state index in [4.69, 9.17) is 0 Å². The summed E-state index contributed by atoms with van der Waals surface area (Å²) in [4.78, 5) is 20.6. The minimum atomic E-state index is -4.12. The van der Waals surface area contributed by atoms with Gasteiger partial charge in [-0.05, 0) is 0 Å². The van der Waals surface area contributed by atoms with Crippen LogP contribution >= 0.6 is 0 Å². The largest absolute Gasteiger partial charge is 0.468 e. The maximum atomic E-state index is 10.7.